The second-order valence-electron chi connectivity index (χ2n) is 6.92. The summed E-state index contributed by atoms with van der Waals surface area (Å²) in [7, 11) is 0. The summed E-state index contributed by atoms with van der Waals surface area (Å²) in [4.78, 5) is 30.4. The lowest BCUT2D eigenvalue weighted by Gasteiger charge is -2.29. The summed E-state index contributed by atoms with van der Waals surface area (Å²) in [6.45, 7) is 1.47. The molecule has 2 saturated heterocycles. The molecule has 2 aliphatic heterocycles. The van der Waals surface area contributed by atoms with E-state index in [0.29, 0.717) is 19.1 Å². The fraction of sp³-hybridized carbons (Fsp3) is 0.647. The molecular formula is C17H22N2O2S. The Labute approximate surface area is 135 Å². The largest absolute Gasteiger partial charge is 0.278 e. The van der Waals surface area contributed by atoms with Crippen molar-refractivity contribution in [1.29, 1.82) is 0 Å². The molecule has 1 aromatic rings. The van der Waals surface area contributed by atoms with Crippen LogP contribution in [0.3, 0.4) is 0 Å². The summed E-state index contributed by atoms with van der Waals surface area (Å²) in [5, 5.41) is 2.10. The maximum atomic E-state index is 12.8. The van der Waals surface area contributed by atoms with E-state index in [0.717, 1.165) is 45.1 Å². The van der Waals surface area contributed by atoms with E-state index in [2.05, 4.69) is 22.4 Å². The van der Waals surface area contributed by atoms with Gasteiger partial charge in [0.05, 0.1) is 12.1 Å². The first kappa shape index (κ1) is 14.4. The van der Waals surface area contributed by atoms with Crippen LogP contribution in [0.4, 0.5) is 0 Å². The number of hydrogen-bond acceptors (Lipinski definition) is 4. The van der Waals surface area contributed by atoms with Gasteiger partial charge in [-0.25, -0.2) is 0 Å². The van der Waals surface area contributed by atoms with E-state index in [-0.39, 0.29) is 17.2 Å². The summed E-state index contributed by atoms with van der Waals surface area (Å²) in [6, 6.07) is 4.62. The molecular weight excluding hydrogens is 296 g/mol. The summed E-state index contributed by atoms with van der Waals surface area (Å²) in [5.74, 6) is 0.149. The minimum atomic E-state index is -0.338. The van der Waals surface area contributed by atoms with Crippen molar-refractivity contribution in [2.45, 2.75) is 51.0 Å². The Morgan fingerprint density at radius 2 is 2.05 bits per heavy atom. The number of nitrogens with zero attached hydrogens (tertiary/aromatic N) is 2. The molecule has 2 amide bonds. The molecule has 3 fully saturated rings. The Hall–Kier alpha value is -1.20. The first-order valence-electron chi connectivity index (χ1n) is 8.32. The predicted molar refractivity (Wildman–Crippen MR) is 85.2 cm³/mol. The maximum Gasteiger partial charge on any atom is 0.237 e. The molecule has 0 bridgehead atoms. The Morgan fingerprint density at radius 3 is 2.77 bits per heavy atom. The predicted octanol–water partition coefficient (Wildman–Crippen LogP) is 3.16. The SMILES string of the molecule is O=C1CC2(CCCC2)C(=O)N1CN1CCC[C@H]1c1cccs1. The molecule has 5 heteroatoms. The van der Waals surface area contributed by atoms with Gasteiger partial charge in [-0.1, -0.05) is 18.9 Å². The third-order valence-electron chi connectivity index (χ3n) is 5.61. The van der Waals surface area contributed by atoms with Gasteiger partial charge >= 0.3 is 0 Å². The number of rotatable bonds is 3. The maximum absolute atomic E-state index is 12.8. The Kier molecular flexibility index (Phi) is 3.57. The van der Waals surface area contributed by atoms with E-state index in [4.69, 9.17) is 0 Å². The van der Waals surface area contributed by atoms with Gasteiger partial charge in [-0.3, -0.25) is 19.4 Å². The highest BCUT2D eigenvalue weighted by Crippen LogP contribution is 2.47. The Bertz CT molecular complexity index is 577. The zero-order valence-corrected chi connectivity index (χ0v) is 13.6. The number of likely N-dealkylation sites (tertiary alicyclic amines) is 2. The van der Waals surface area contributed by atoms with Gasteiger partial charge in [0.1, 0.15) is 0 Å². The Morgan fingerprint density at radius 1 is 1.23 bits per heavy atom. The number of amides is 2. The number of carbonyl (C=O) groups excluding carboxylic acids is 2. The highest BCUT2D eigenvalue weighted by molar-refractivity contribution is 7.10. The van der Waals surface area contributed by atoms with E-state index >= 15 is 0 Å². The van der Waals surface area contributed by atoms with Crippen molar-refractivity contribution in [2.75, 3.05) is 13.2 Å². The van der Waals surface area contributed by atoms with Crippen LogP contribution < -0.4 is 0 Å². The molecule has 0 radical (unpaired) electrons. The van der Waals surface area contributed by atoms with Crippen LogP contribution >= 0.6 is 11.3 Å². The first-order chi connectivity index (χ1) is 10.7. The minimum Gasteiger partial charge on any atom is -0.278 e. The molecule has 22 heavy (non-hydrogen) atoms. The summed E-state index contributed by atoms with van der Waals surface area (Å²) in [6.07, 6.45) is 6.71. The number of carbonyl (C=O) groups is 2. The van der Waals surface area contributed by atoms with Crippen LogP contribution in [0.1, 0.15) is 55.9 Å². The van der Waals surface area contributed by atoms with Gasteiger partial charge in [-0.05, 0) is 37.1 Å². The van der Waals surface area contributed by atoms with Gasteiger partial charge < -0.3 is 0 Å². The van der Waals surface area contributed by atoms with Crippen LogP contribution in [0.15, 0.2) is 17.5 Å². The second-order valence-corrected chi connectivity index (χ2v) is 7.90. The van der Waals surface area contributed by atoms with Crippen molar-refractivity contribution in [1.82, 2.24) is 9.80 Å². The van der Waals surface area contributed by atoms with Gasteiger partial charge in [0.15, 0.2) is 0 Å². The number of hydrogen-bond donors (Lipinski definition) is 0. The van der Waals surface area contributed by atoms with E-state index in [1.165, 1.54) is 4.88 Å². The van der Waals surface area contributed by atoms with Crippen LogP contribution in [-0.4, -0.2) is 34.8 Å². The molecule has 3 aliphatic rings. The van der Waals surface area contributed by atoms with Crippen molar-refractivity contribution >= 4 is 23.2 Å². The molecule has 0 unspecified atom stereocenters. The van der Waals surface area contributed by atoms with Gasteiger partial charge in [-0.15, -0.1) is 11.3 Å². The van der Waals surface area contributed by atoms with Gasteiger partial charge in [0, 0.05) is 23.9 Å². The number of imide groups is 1. The van der Waals surface area contributed by atoms with E-state index in [9.17, 15) is 9.59 Å². The molecule has 0 N–H and O–H groups in total. The zero-order valence-electron chi connectivity index (χ0n) is 12.8. The lowest BCUT2D eigenvalue weighted by Crippen LogP contribution is -2.42. The fourth-order valence-corrected chi connectivity index (χ4v) is 5.32. The first-order valence-corrected chi connectivity index (χ1v) is 9.20. The molecule has 118 valence electrons. The second kappa shape index (κ2) is 5.46. The quantitative estimate of drug-likeness (QED) is 0.804. The third kappa shape index (κ3) is 2.22. The van der Waals surface area contributed by atoms with E-state index in [1.807, 2.05) is 0 Å². The van der Waals surface area contributed by atoms with Gasteiger partial charge in [-0.2, -0.15) is 0 Å². The molecule has 1 aliphatic carbocycles. The van der Waals surface area contributed by atoms with E-state index < -0.39 is 0 Å². The normalized spacial score (nSPS) is 28.4. The van der Waals surface area contributed by atoms with Crippen molar-refractivity contribution in [2.24, 2.45) is 5.41 Å². The zero-order chi connectivity index (χ0) is 15.2. The highest BCUT2D eigenvalue weighted by Gasteiger charge is 2.53. The molecule has 1 spiro atoms. The molecule has 4 rings (SSSR count). The summed E-state index contributed by atoms with van der Waals surface area (Å²) in [5.41, 5.74) is -0.338. The lowest BCUT2D eigenvalue weighted by molar-refractivity contribution is -0.144. The molecule has 4 nitrogen and oxygen atoms in total. The summed E-state index contributed by atoms with van der Waals surface area (Å²) < 4.78 is 0. The lowest BCUT2D eigenvalue weighted by atomic mass is 9.85. The van der Waals surface area contributed by atoms with E-state index in [1.54, 1.807) is 16.2 Å². The van der Waals surface area contributed by atoms with Crippen molar-refractivity contribution in [3.63, 3.8) is 0 Å². The van der Waals surface area contributed by atoms with Crippen molar-refractivity contribution in [3.05, 3.63) is 22.4 Å². The van der Waals surface area contributed by atoms with Crippen molar-refractivity contribution < 1.29 is 9.59 Å². The highest BCUT2D eigenvalue weighted by atomic mass is 32.1. The average molecular weight is 318 g/mol. The third-order valence-corrected chi connectivity index (χ3v) is 6.58. The van der Waals surface area contributed by atoms with Gasteiger partial charge in [0.2, 0.25) is 11.8 Å². The van der Waals surface area contributed by atoms with Gasteiger partial charge in [0.25, 0.3) is 0 Å². The molecule has 1 atom stereocenters. The topological polar surface area (TPSA) is 40.6 Å². The van der Waals surface area contributed by atoms with Crippen molar-refractivity contribution in [3.8, 4) is 0 Å². The fourth-order valence-electron chi connectivity index (χ4n) is 4.43. The number of thiophene rings is 1. The van der Waals surface area contributed by atoms with Crippen LogP contribution in [-0.2, 0) is 9.59 Å². The smallest absolute Gasteiger partial charge is 0.237 e. The monoisotopic (exact) mass is 318 g/mol. The van der Waals surface area contributed by atoms with Crippen LogP contribution in [0.25, 0.3) is 0 Å². The average Bonchev–Trinajstić information content (AvgIpc) is 3.26. The Balaban J connectivity index is 1.51. The molecule has 3 heterocycles. The molecule has 1 saturated carbocycles. The van der Waals surface area contributed by atoms with Crippen LogP contribution in [0, 0.1) is 5.41 Å². The van der Waals surface area contributed by atoms with Crippen LogP contribution in [0.2, 0.25) is 0 Å². The standard InChI is InChI=1S/C17H22N2O2S/c20-15-11-17(7-1-2-8-17)16(21)19(15)12-18-9-3-5-13(18)14-6-4-10-22-14/h4,6,10,13H,1-3,5,7-9,11-12H2/t13-/m0/s1. The molecule has 0 aromatic carbocycles. The molecule has 1 aromatic heterocycles. The van der Waals surface area contributed by atoms with Crippen LogP contribution in [0.5, 0.6) is 0 Å². The summed E-state index contributed by atoms with van der Waals surface area (Å²) >= 11 is 1.77. The minimum absolute atomic E-state index is 0.0451.